The van der Waals surface area contributed by atoms with Crippen LogP contribution in [0.3, 0.4) is 0 Å². The minimum absolute atomic E-state index is 0.0188. The molecule has 0 amide bonds. The molecule has 226 valence electrons. The number of thioether (sulfide) groups is 1. The molecule has 0 spiro atoms. The molecule has 0 bridgehead atoms. The fourth-order valence-corrected chi connectivity index (χ4v) is 4.07. The van der Waals surface area contributed by atoms with Crippen LogP contribution in [0.1, 0.15) is 18.4 Å². The largest absolute Gasteiger partial charge is 0.483 e. The fraction of sp³-hybridized carbons (Fsp3) is 0.522. The van der Waals surface area contributed by atoms with Crippen LogP contribution in [0.2, 0.25) is 0 Å². The zero-order valence-electron chi connectivity index (χ0n) is 19.9. The van der Waals surface area contributed by atoms with Crippen LogP contribution < -0.4 is 10.3 Å². The Balaban J connectivity index is 1.93. The van der Waals surface area contributed by atoms with Gasteiger partial charge in [0.1, 0.15) is 6.61 Å². The van der Waals surface area contributed by atoms with Crippen LogP contribution in [0.5, 0.6) is 5.75 Å². The third-order valence-corrected chi connectivity index (χ3v) is 6.54. The summed E-state index contributed by atoms with van der Waals surface area (Å²) >= 11 is 0.440. The van der Waals surface area contributed by atoms with E-state index < -0.39 is 53.5 Å². The van der Waals surface area contributed by atoms with E-state index in [4.69, 9.17) is 4.74 Å². The highest BCUT2D eigenvalue weighted by molar-refractivity contribution is 7.99. The Bertz CT molecular complexity index is 1170. The monoisotopic (exact) mass is 621 g/mol. The van der Waals surface area contributed by atoms with E-state index in [0.29, 0.717) is 11.8 Å². The first-order valence-corrected chi connectivity index (χ1v) is 12.3. The predicted molar refractivity (Wildman–Crippen MR) is 119 cm³/mol. The summed E-state index contributed by atoms with van der Waals surface area (Å²) in [6.07, 6.45) is -8.29. The van der Waals surface area contributed by atoms with Gasteiger partial charge in [0.2, 0.25) is 0 Å². The van der Waals surface area contributed by atoms with Gasteiger partial charge in [0.15, 0.2) is 5.75 Å². The van der Waals surface area contributed by atoms with Gasteiger partial charge < -0.3 is 9.30 Å². The molecule has 3 nitrogen and oxygen atoms in total. The maximum atomic E-state index is 13.8. The molecule has 0 radical (unpaired) electrons. The second-order valence-corrected chi connectivity index (χ2v) is 9.59. The van der Waals surface area contributed by atoms with Gasteiger partial charge in [0, 0.05) is 19.2 Å². The van der Waals surface area contributed by atoms with Crippen molar-refractivity contribution in [2.45, 2.75) is 61.8 Å². The van der Waals surface area contributed by atoms with E-state index in [1.165, 1.54) is 22.9 Å². The molecular weight excluding hydrogens is 601 g/mol. The molecule has 0 N–H and O–H groups in total. The maximum absolute atomic E-state index is 13.8. The summed E-state index contributed by atoms with van der Waals surface area (Å²) in [5.74, 6) is -38.0. The molecule has 1 heterocycles. The van der Waals surface area contributed by atoms with Crippen molar-refractivity contribution in [3.05, 3.63) is 64.6 Å². The Morgan fingerprint density at radius 3 is 1.85 bits per heavy atom. The lowest BCUT2D eigenvalue weighted by molar-refractivity contribution is -0.439. The van der Waals surface area contributed by atoms with Crippen molar-refractivity contribution >= 4 is 11.8 Å². The minimum Gasteiger partial charge on any atom is -0.483 e. The number of aryl methyl sites for hydroxylation is 1. The summed E-state index contributed by atoms with van der Waals surface area (Å²) in [6.45, 7) is 0.0470. The van der Waals surface area contributed by atoms with Gasteiger partial charge in [-0.1, -0.05) is 30.3 Å². The van der Waals surface area contributed by atoms with Gasteiger partial charge in [-0.05, 0) is 35.6 Å². The van der Waals surface area contributed by atoms with Crippen molar-refractivity contribution in [2.75, 3.05) is 11.5 Å². The molecule has 0 fully saturated rings. The number of nitrogens with zero attached hydrogens (tertiary/aromatic N) is 1. The number of pyridine rings is 1. The number of aromatic nitrogens is 1. The molecule has 0 saturated carbocycles. The summed E-state index contributed by atoms with van der Waals surface area (Å²) in [7, 11) is 0. The van der Waals surface area contributed by atoms with Gasteiger partial charge in [0.25, 0.3) is 5.56 Å². The molecule has 0 atom stereocenters. The highest BCUT2D eigenvalue weighted by atomic mass is 32.2. The Morgan fingerprint density at radius 1 is 0.700 bits per heavy atom. The highest BCUT2D eigenvalue weighted by Gasteiger charge is 2.90. The number of rotatable bonds is 14. The summed E-state index contributed by atoms with van der Waals surface area (Å²) in [6, 6.07) is 11.6. The molecule has 0 saturated heterocycles. The van der Waals surface area contributed by atoms with Gasteiger partial charge in [0.05, 0.1) is 0 Å². The SMILES string of the molecule is O=c1c(OCc2ccccc2)cccn1CCCSCCC(F)(F)C(F)(F)C(F)(F)C(F)(F)C(F)(F)C(F)(F)F. The maximum Gasteiger partial charge on any atom is 0.460 e. The van der Waals surface area contributed by atoms with E-state index in [-0.39, 0.29) is 31.1 Å². The van der Waals surface area contributed by atoms with Crippen LogP contribution in [-0.2, 0) is 13.2 Å². The first-order chi connectivity index (χ1) is 18.2. The Kier molecular flexibility index (Phi) is 10.2. The molecular formula is C23H20F13NO2S. The van der Waals surface area contributed by atoms with Crippen molar-refractivity contribution in [2.24, 2.45) is 0 Å². The molecule has 17 heteroatoms. The standard InChI is InChI=1S/C23H20F13NO2S/c24-18(25,19(26,27)20(28,29)21(30,31)22(32,33)23(34,35)36)9-13-40-12-5-11-37-10-4-8-16(17(37)38)39-14-15-6-2-1-3-7-15/h1-4,6-8,10H,5,9,11-14H2. The van der Waals surface area contributed by atoms with Crippen LogP contribution in [0.25, 0.3) is 0 Å². The van der Waals surface area contributed by atoms with Gasteiger partial charge in [-0.3, -0.25) is 4.79 Å². The van der Waals surface area contributed by atoms with E-state index in [1.54, 1.807) is 30.3 Å². The summed E-state index contributed by atoms with van der Waals surface area (Å²) in [4.78, 5) is 12.5. The smallest absolute Gasteiger partial charge is 0.460 e. The van der Waals surface area contributed by atoms with E-state index in [2.05, 4.69) is 0 Å². The topological polar surface area (TPSA) is 31.2 Å². The van der Waals surface area contributed by atoms with Crippen molar-refractivity contribution in [3.63, 3.8) is 0 Å². The van der Waals surface area contributed by atoms with Crippen LogP contribution >= 0.6 is 11.8 Å². The van der Waals surface area contributed by atoms with Crippen molar-refractivity contribution < 1.29 is 61.8 Å². The van der Waals surface area contributed by atoms with Gasteiger partial charge in [-0.15, -0.1) is 0 Å². The Labute approximate surface area is 222 Å². The normalized spacial score (nSPS) is 13.9. The van der Waals surface area contributed by atoms with Crippen LogP contribution in [0.15, 0.2) is 53.5 Å². The van der Waals surface area contributed by atoms with Gasteiger partial charge in [-0.25, -0.2) is 0 Å². The number of hydrogen-bond acceptors (Lipinski definition) is 3. The molecule has 0 aliphatic heterocycles. The number of alkyl halides is 13. The molecule has 1 aromatic heterocycles. The third kappa shape index (κ3) is 6.65. The predicted octanol–water partition coefficient (Wildman–Crippen LogP) is 7.68. The van der Waals surface area contributed by atoms with E-state index >= 15 is 0 Å². The highest BCUT2D eigenvalue weighted by Crippen LogP contribution is 2.60. The molecule has 1 aromatic carbocycles. The van der Waals surface area contributed by atoms with Crippen LogP contribution in [0, 0.1) is 0 Å². The minimum atomic E-state index is -7.90. The molecule has 0 aliphatic carbocycles. The lowest BCUT2D eigenvalue weighted by atomic mass is 9.93. The zero-order valence-corrected chi connectivity index (χ0v) is 20.8. The van der Waals surface area contributed by atoms with Crippen molar-refractivity contribution in [1.82, 2.24) is 4.57 Å². The summed E-state index contributed by atoms with van der Waals surface area (Å²) in [5, 5.41) is 0. The summed E-state index contributed by atoms with van der Waals surface area (Å²) in [5.41, 5.74) is 0.208. The second-order valence-electron chi connectivity index (χ2n) is 8.36. The van der Waals surface area contributed by atoms with Gasteiger partial charge >= 0.3 is 35.8 Å². The zero-order chi connectivity index (χ0) is 30.6. The number of benzene rings is 1. The Morgan fingerprint density at radius 2 is 1.27 bits per heavy atom. The van der Waals surface area contributed by atoms with Crippen molar-refractivity contribution in [3.8, 4) is 5.75 Å². The second kappa shape index (κ2) is 12.1. The van der Waals surface area contributed by atoms with Crippen LogP contribution in [-0.4, -0.2) is 51.9 Å². The lowest BCUT2D eigenvalue weighted by Crippen LogP contribution is -2.70. The number of hydrogen-bond donors (Lipinski definition) is 0. The van der Waals surface area contributed by atoms with E-state index in [0.717, 1.165) is 5.56 Å². The quantitative estimate of drug-likeness (QED) is 0.160. The fourth-order valence-electron chi connectivity index (χ4n) is 3.13. The van der Waals surface area contributed by atoms with Crippen LogP contribution in [0.4, 0.5) is 57.1 Å². The molecule has 40 heavy (non-hydrogen) atoms. The van der Waals surface area contributed by atoms with Gasteiger partial charge in [-0.2, -0.15) is 68.8 Å². The summed E-state index contributed by atoms with van der Waals surface area (Å²) < 4.78 is 177. The number of ether oxygens (including phenoxy) is 1. The van der Waals surface area contributed by atoms with E-state index in [1.807, 2.05) is 0 Å². The average Bonchev–Trinajstić information content (AvgIpc) is 2.85. The lowest BCUT2D eigenvalue weighted by Gasteiger charge is -2.39. The number of halogens is 13. The average molecular weight is 621 g/mol. The van der Waals surface area contributed by atoms with E-state index in [9.17, 15) is 61.9 Å². The van der Waals surface area contributed by atoms with Crippen molar-refractivity contribution in [1.29, 1.82) is 0 Å². The molecule has 2 rings (SSSR count). The first kappa shape index (κ1) is 33.6. The first-order valence-electron chi connectivity index (χ1n) is 11.1. The third-order valence-electron chi connectivity index (χ3n) is 5.47. The molecule has 0 aliphatic rings. The molecule has 2 aromatic rings. The Hall–Kier alpha value is -2.59. The molecule has 0 unspecified atom stereocenters.